The van der Waals surface area contributed by atoms with Gasteiger partial charge in [0.2, 0.25) is 5.88 Å². The molecule has 0 aliphatic heterocycles. The Morgan fingerprint density at radius 3 is 2.74 bits per heavy atom. The van der Waals surface area contributed by atoms with Gasteiger partial charge < -0.3 is 10.1 Å². The van der Waals surface area contributed by atoms with Gasteiger partial charge >= 0.3 is 0 Å². The Labute approximate surface area is 108 Å². The van der Waals surface area contributed by atoms with Crippen LogP contribution in [0.5, 0.6) is 5.88 Å². The highest BCUT2D eigenvalue weighted by molar-refractivity contribution is 5.84. The smallest absolute Gasteiger partial charge is 0.255 e. The molecule has 19 heavy (non-hydrogen) atoms. The van der Waals surface area contributed by atoms with E-state index in [4.69, 9.17) is 0 Å². The van der Waals surface area contributed by atoms with Crippen LogP contribution in [0.15, 0.2) is 41.2 Å². The maximum Gasteiger partial charge on any atom is 0.255 e. The van der Waals surface area contributed by atoms with Gasteiger partial charge in [0.15, 0.2) is 5.82 Å². The molecule has 3 aromatic rings. The van der Waals surface area contributed by atoms with Gasteiger partial charge in [0.1, 0.15) is 5.69 Å². The molecule has 0 unspecified atom stereocenters. The molecule has 0 amide bonds. The Hall–Kier alpha value is -2.69. The molecule has 2 heterocycles. The third-order valence-corrected chi connectivity index (χ3v) is 2.89. The third kappa shape index (κ3) is 2.06. The van der Waals surface area contributed by atoms with E-state index in [9.17, 15) is 9.90 Å². The Bertz CT molecular complexity index is 824. The van der Waals surface area contributed by atoms with Crippen LogP contribution in [0.25, 0.3) is 22.4 Å². The molecule has 5 heteroatoms. The average Bonchev–Trinajstić information content (AvgIpc) is 2.37. The zero-order valence-electron chi connectivity index (χ0n) is 10.2. The second-order valence-corrected chi connectivity index (χ2v) is 4.29. The molecule has 0 spiro atoms. The molecule has 2 aromatic heterocycles. The average molecular weight is 253 g/mol. The molecule has 5 nitrogen and oxygen atoms in total. The number of aromatic hydroxyl groups is 1. The van der Waals surface area contributed by atoms with Crippen molar-refractivity contribution >= 4 is 10.9 Å². The fraction of sp³-hybridized carbons (Fsp3) is 0.0714. The van der Waals surface area contributed by atoms with E-state index in [0.29, 0.717) is 5.69 Å². The van der Waals surface area contributed by atoms with Crippen molar-refractivity contribution in [2.24, 2.45) is 0 Å². The molecule has 0 bridgehead atoms. The van der Waals surface area contributed by atoms with Crippen LogP contribution < -0.4 is 5.56 Å². The summed E-state index contributed by atoms with van der Waals surface area (Å²) in [6.07, 6.45) is 0. The normalized spacial score (nSPS) is 10.8. The van der Waals surface area contributed by atoms with E-state index in [1.807, 2.05) is 37.3 Å². The maximum absolute atomic E-state index is 11.3. The van der Waals surface area contributed by atoms with E-state index in [-0.39, 0.29) is 11.7 Å². The van der Waals surface area contributed by atoms with Crippen LogP contribution in [0.1, 0.15) is 5.56 Å². The zero-order valence-corrected chi connectivity index (χ0v) is 10.2. The van der Waals surface area contributed by atoms with Gasteiger partial charge in [0.05, 0.1) is 11.6 Å². The first-order chi connectivity index (χ1) is 9.13. The summed E-state index contributed by atoms with van der Waals surface area (Å²) in [6.45, 7) is 1.97. The van der Waals surface area contributed by atoms with Crippen LogP contribution in [-0.4, -0.2) is 20.1 Å². The molecule has 3 rings (SSSR count). The van der Waals surface area contributed by atoms with Crippen molar-refractivity contribution in [2.45, 2.75) is 6.92 Å². The standard InChI is InChI=1S/C14H11N3O2/c1-8-6-11(14-16-12(18)7-13(19)17-14)15-10-5-3-2-4-9(8)10/h2-7H,1H3,(H2,16,17,18,19). The van der Waals surface area contributed by atoms with Crippen LogP contribution in [0.2, 0.25) is 0 Å². The molecule has 1 aromatic carbocycles. The van der Waals surface area contributed by atoms with Gasteiger partial charge in [-0.15, -0.1) is 0 Å². The lowest BCUT2D eigenvalue weighted by molar-refractivity contribution is 0.452. The second-order valence-electron chi connectivity index (χ2n) is 4.29. The molecule has 0 saturated carbocycles. The van der Waals surface area contributed by atoms with Gasteiger partial charge in [0, 0.05) is 5.39 Å². The number of fused-ring (bicyclic) bond motifs is 1. The molecule has 0 aliphatic rings. The summed E-state index contributed by atoms with van der Waals surface area (Å²) >= 11 is 0. The van der Waals surface area contributed by atoms with Gasteiger partial charge in [0.25, 0.3) is 5.56 Å². The first-order valence-corrected chi connectivity index (χ1v) is 5.80. The number of aryl methyl sites for hydroxylation is 1. The number of nitrogens with zero attached hydrogens (tertiary/aromatic N) is 2. The fourth-order valence-corrected chi connectivity index (χ4v) is 2.04. The van der Waals surface area contributed by atoms with Crippen molar-refractivity contribution in [3.05, 3.63) is 52.3 Å². The predicted molar refractivity (Wildman–Crippen MR) is 72.0 cm³/mol. The summed E-state index contributed by atoms with van der Waals surface area (Å²) in [5, 5.41) is 10.4. The van der Waals surface area contributed by atoms with Crippen molar-refractivity contribution in [1.29, 1.82) is 0 Å². The Balaban J connectivity index is 2.28. The van der Waals surface area contributed by atoms with Crippen LogP contribution in [0.3, 0.4) is 0 Å². The largest absolute Gasteiger partial charge is 0.493 e. The fourth-order valence-electron chi connectivity index (χ4n) is 2.04. The molecule has 0 atom stereocenters. The SMILES string of the molecule is Cc1cc(-c2nc(O)cc(=O)[nH]2)nc2ccccc12. The van der Waals surface area contributed by atoms with Crippen molar-refractivity contribution < 1.29 is 5.11 Å². The van der Waals surface area contributed by atoms with Gasteiger partial charge in [-0.2, -0.15) is 4.98 Å². The Morgan fingerprint density at radius 1 is 1.16 bits per heavy atom. The molecule has 0 radical (unpaired) electrons. The van der Waals surface area contributed by atoms with Crippen LogP contribution >= 0.6 is 0 Å². The minimum atomic E-state index is -0.407. The molecule has 0 saturated heterocycles. The summed E-state index contributed by atoms with van der Waals surface area (Å²) in [5.74, 6) is -0.0507. The van der Waals surface area contributed by atoms with E-state index in [1.54, 1.807) is 0 Å². The highest BCUT2D eigenvalue weighted by Crippen LogP contribution is 2.22. The van der Waals surface area contributed by atoms with Crippen molar-refractivity contribution in [2.75, 3.05) is 0 Å². The lowest BCUT2D eigenvalue weighted by atomic mass is 10.1. The number of hydrogen-bond acceptors (Lipinski definition) is 4. The van der Waals surface area contributed by atoms with E-state index < -0.39 is 5.56 Å². The topological polar surface area (TPSA) is 78.9 Å². The van der Waals surface area contributed by atoms with Gasteiger partial charge in [-0.1, -0.05) is 18.2 Å². The Morgan fingerprint density at radius 2 is 1.95 bits per heavy atom. The third-order valence-electron chi connectivity index (χ3n) is 2.89. The summed E-state index contributed by atoms with van der Waals surface area (Å²) in [7, 11) is 0. The number of rotatable bonds is 1. The van der Waals surface area contributed by atoms with Gasteiger partial charge in [-0.3, -0.25) is 4.79 Å². The van der Waals surface area contributed by atoms with Crippen molar-refractivity contribution in [3.8, 4) is 17.4 Å². The maximum atomic E-state index is 11.3. The first kappa shape index (κ1) is 11.4. The minimum absolute atomic E-state index is 0.263. The van der Waals surface area contributed by atoms with Gasteiger partial charge in [-0.05, 0) is 24.6 Å². The number of para-hydroxylation sites is 1. The van der Waals surface area contributed by atoms with Crippen molar-refractivity contribution in [1.82, 2.24) is 15.0 Å². The number of nitrogens with one attached hydrogen (secondary N) is 1. The van der Waals surface area contributed by atoms with E-state index in [2.05, 4.69) is 15.0 Å². The lowest BCUT2D eigenvalue weighted by Gasteiger charge is -2.05. The molecule has 94 valence electrons. The Kier molecular flexibility index (Phi) is 2.52. The van der Waals surface area contributed by atoms with E-state index >= 15 is 0 Å². The zero-order chi connectivity index (χ0) is 13.4. The van der Waals surface area contributed by atoms with Crippen LogP contribution in [0.4, 0.5) is 0 Å². The number of pyridine rings is 1. The number of aromatic amines is 1. The van der Waals surface area contributed by atoms with E-state index in [1.165, 1.54) is 0 Å². The molecule has 0 aliphatic carbocycles. The number of benzene rings is 1. The number of hydrogen-bond donors (Lipinski definition) is 2. The number of aromatic nitrogens is 3. The van der Waals surface area contributed by atoms with E-state index in [0.717, 1.165) is 22.5 Å². The summed E-state index contributed by atoms with van der Waals surface area (Å²) in [4.78, 5) is 22.3. The van der Waals surface area contributed by atoms with Crippen LogP contribution in [0, 0.1) is 6.92 Å². The molecular weight excluding hydrogens is 242 g/mol. The van der Waals surface area contributed by atoms with Gasteiger partial charge in [-0.25, -0.2) is 4.98 Å². The summed E-state index contributed by atoms with van der Waals surface area (Å²) < 4.78 is 0. The quantitative estimate of drug-likeness (QED) is 0.695. The molecule has 2 N–H and O–H groups in total. The molecule has 0 fully saturated rings. The molecular formula is C14H11N3O2. The second kappa shape index (κ2) is 4.20. The monoisotopic (exact) mass is 253 g/mol. The van der Waals surface area contributed by atoms with Crippen molar-refractivity contribution in [3.63, 3.8) is 0 Å². The highest BCUT2D eigenvalue weighted by Gasteiger charge is 2.08. The highest BCUT2D eigenvalue weighted by atomic mass is 16.3. The predicted octanol–water partition coefficient (Wildman–Crippen LogP) is 2.00. The van der Waals surface area contributed by atoms with Crippen LogP contribution in [-0.2, 0) is 0 Å². The summed E-state index contributed by atoms with van der Waals surface area (Å²) in [5.41, 5.74) is 1.98. The summed E-state index contributed by atoms with van der Waals surface area (Å²) in [6, 6.07) is 10.6. The first-order valence-electron chi connectivity index (χ1n) is 5.80. The minimum Gasteiger partial charge on any atom is -0.493 e. The number of H-pyrrole nitrogens is 1. The lowest BCUT2D eigenvalue weighted by Crippen LogP contribution is -2.07.